The van der Waals surface area contributed by atoms with Crippen LogP contribution in [-0.2, 0) is 0 Å². The molecule has 0 aromatic carbocycles. The van der Waals surface area contributed by atoms with Crippen molar-refractivity contribution in [1.82, 2.24) is 35.6 Å². The van der Waals surface area contributed by atoms with Gasteiger partial charge < -0.3 is 4.42 Å². The Kier molecular flexibility index (Phi) is 1.75. The summed E-state index contributed by atoms with van der Waals surface area (Å²) in [4.78, 5) is 3.96. The van der Waals surface area contributed by atoms with E-state index in [1.54, 1.807) is 0 Å². The zero-order chi connectivity index (χ0) is 10.1. The maximum atomic E-state index is 4.99. The largest absolute Gasteiger partial charge is 0.421 e. The van der Waals surface area contributed by atoms with Crippen LogP contribution in [0.5, 0.6) is 0 Å². The summed E-state index contributed by atoms with van der Waals surface area (Å²) in [6.07, 6.45) is 2.65. The van der Waals surface area contributed by atoms with E-state index in [2.05, 4.69) is 35.6 Å². The van der Waals surface area contributed by atoms with E-state index in [9.17, 15) is 0 Å². The van der Waals surface area contributed by atoms with Gasteiger partial charge in [0.25, 0.3) is 5.89 Å². The smallest absolute Gasteiger partial charge is 0.278 e. The van der Waals surface area contributed by atoms with Gasteiger partial charge in [-0.25, -0.2) is 4.98 Å². The molecule has 0 atom stereocenters. The van der Waals surface area contributed by atoms with Gasteiger partial charge >= 0.3 is 0 Å². The fourth-order valence-electron chi connectivity index (χ4n) is 0.980. The van der Waals surface area contributed by atoms with Gasteiger partial charge in [0.2, 0.25) is 11.4 Å². The summed E-state index contributed by atoms with van der Waals surface area (Å²) in [5.74, 6) is 0.913. The maximum Gasteiger partial charge on any atom is 0.278 e. The van der Waals surface area contributed by atoms with Gasteiger partial charge in [-0.05, 0) is 0 Å². The summed E-state index contributed by atoms with van der Waals surface area (Å²) in [7, 11) is 0. The molecule has 1 N–H and O–H groups in total. The van der Waals surface area contributed by atoms with E-state index < -0.39 is 0 Å². The Balaban J connectivity index is 2.02. The highest BCUT2D eigenvalue weighted by molar-refractivity contribution is 7.17. The lowest BCUT2D eigenvalue weighted by molar-refractivity contribution is 0.567. The molecule has 0 unspecified atom stereocenters. The average molecular weight is 221 g/mol. The second-order valence-corrected chi connectivity index (χ2v) is 3.47. The van der Waals surface area contributed by atoms with E-state index in [1.807, 2.05) is 0 Å². The fourth-order valence-corrected chi connectivity index (χ4v) is 1.70. The number of hydrogen-bond donors (Lipinski definition) is 1. The van der Waals surface area contributed by atoms with Crippen molar-refractivity contribution in [3.05, 3.63) is 12.7 Å². The predicted molar refractivity (Wildman–Crippen MR) is 48.6 cm³/mol. The first-order valence-electron chi connectivity index (χ1n) is 3.89. The van der Waals surface area contributed by atoms with Crippen LogP contribution in [0.4, 0.5) is 0 Å². The van der Waals surface area contributed by atoms with Crippen LogP contribution in [0.25, 0.3) is 21.7 Å². The summed E-state index contributed by atoms with van der Waals surface area (Å²) in [6, 6.07) is 0. The molecule has 0 bridgehead atoms. The van der Waals surface area contributed by atoms with Gasteiger partial charge in [-0.2, -0.15) is 5.10 Å². The normalized spacial score (nSPS) is 10.7. The SMILES string of the molecule is c1n[nH]c(-c2nnc(-c3nnco3)s2)n1. The third-order valence-electron chi connectivity index (χ3n) is 1.59. The molecule has 0 saturated heterocycles. The van der Waals surface area contributed by atoms with Crippen molar-refractivity contribution in [3.8, 4) is 21.7 Å². The lowest BCUT2D eigenvalue weighted by Gasteiger charge is -1.82. The van der Waals surface area contributed by atoms with Crippen LogP contribution in [0.2, 0.25) is 0 Å². The standard InChI is InChI=1S/C6H3N7OS/c1-7-3(10-8-1)5-12-13-6(15-5)4-11-9-2-14-4/h1-2H,(H,7,8,10). The summed E-state index contributed by atoms with van der Waals surface area (Å²) in [6.45, 7) is 0. The Morgan fingerprint density at radius 1 is 1.20 bits per heavy atom. The number of rotatable bonds is 2. The van der Waals surface area contributed by atoms with E-state index in [1.165, 1.54) is 24.1 Å². The number of aromatic nitrogens is 7. The van der Waals surface area contributed by atoms with Crippen molar-refractivity contribution in [2.24, 2.45) is 0 Å². The molecule has 0 saturated carbocycles. The third-order valence-corrected chi connectivity index (χ3v) is 2.50. The lowest BCUT2D eigenvalue weighted by Crippen LogP contribution is -1.79. The Labute approximate surface area is 86.4 Å². The van der Waals surface area contributed by atoms with Crippen molar-refractivity contribution in [2.75, 3.05) is 0 Å². The van der Waals surface area contributed by atoms with Gasteiger partial charge in [0.1, 0.15) is 6.33 Å². The van der Waals surface area contributed by atoms with Crippen LogP contribution < -0.4 is 0 Å². The Morgan fingerprint density at radius 2 is 2.13 bits per heavy atom. The quantitative estimate of drug-likeness (QED) is 0.666. The number of hydrogen-bond acceptors (Lipinski definition) is 8. The van der Waals surface area contributed by atoms with Crippen LogP contribution in [0, 0.1) is 0 Å². The first-order valence-corrected chi connectivity index (χ1v) is 4.71. The molecule has 0 fully saturated rings. The van der Waals surface area contributed by atoms with E-state index in [0.29, 0.717) is 21.7 Å². The molecule has 3 rings (SSSR count). The number of aromatic amines is 1. The maximum absolute atomic E-state index is 4.99. The third kappa shape index (κ3) is 1.38. The zero-order valence-corrected chi connectivity index (χ0v) is 7.97. The van der Waals surface area contributed by atoms with Crippen molar-refractivity contribution in [3.63, 3.8) is 0 Å². The van der Waals surface area contributed by atoms with Crippen molar-refractivity contribution in [1.29, 1.82) is 0 Å². The summed E-state index contributed by atoms with van der Waals surface area (Å²) in [5.41, 5.74) is 0. The molecule has 3 aromatic rings. The molecule has 0 amide bonds. The molecule has 15 heavy (non-hydrogen) atoms. The van der Waals surface area contributed by atoms with Crippen LogP contribution in [0.15, 0.2) is 17.1 Å². The number of H-pyrrole nitrogens is 1. The highest BCUT2D eigenvalue weighted by Crippen LogP contribution is 2.25. The van der Waals surface area contributed by atoms with Crippen LogP contribution in [0.1, 0.15) is 0 Å². The average Bonchev–Trinajstić information content (AvgIpc) is 3.02. The van der Waals surface area contributed by atoms with Crippen LogP contribution in [0.3, 0.4) is 0 Å². The van der Waals surface area contributed by atoms with Gasteiger partial charge in [-0.1, -0.05) is 11.3 Å². The molecule has 8 nitrogen and oxygen atoms in total. The number of nitrogens with one attached hydrogen (secondary N) is 1. The van der Waals surface area contributed by atoms with Gasteiger partial charge in [0.05, 0.1) is 0 Å². The molecule has 3 aromatic heterocycles. The van der Waals surface area contributed by atoms with Gasteiger partial charge in [-0.3, -0.25) is 5.10 Å². The highest BCUT2D eigenvalue weighted by atomic mass is 32.1. The minimum atomic E-state index is 0.346. The van der Waals surface area contributed by atoms with Gasteiger partial charge in [0, 0.05) is 0 Å². The Bertz CT molecular complexity index is 493. The summed E-state index contributed by atoms with van der Waals surface area (Å²) >= 11 is 1.30. The molecule has 0 aliphatic rings. The molecule has 0 radical (unpaired) electrons. The Hall–Kier alpha value is -2.16. The first-order chi connectivity index (χ1) is 7.43. The van der Waals surface area contributed by atoms with Crippen LogP contribution >= 0.6 is 11.3 Å². The zero-order valence-electron chi connectivity index (χ0n) is 7.15. The second-order valence-electron chi connectivity index (χ2n) is 2.49. The molecule has 74 valence electrons. The van der Waals surface area contributed by atoms with Crippen molar-refractivity contribution >= 4 is 11.3 Å². The van der Waals surface area contributed by atoms with Gasteiger partial charge in [0.15, 0.2) is 10.8 Å². The van der Waals surface area contributed by atoms with E-state index in [4.69, 9.17) is 4.42 Å². The second kappa shape index (κ2) is 3.20. The van der Waals surface area contributed by atoms with Crippen molar-refractivity contribution in [2.45, 2.75) is 0 Å². The molecule has 9 heteroatoms. The van der Waals surface area contributed by atoms with E-state index in [-0.39, 0.29) is 0 Å². The van der Waals surface area contributed by atoms with E-state index >= 15 is 0 Å². The fraction of sp³-hybridized carbons (Fsp3) is 0. The molecule has 3 heterocycles. The van der Waals surface area contributed by atoms with Gasteiger partial charge in [-0.15, -0.1) is 20.4 Å². The predicted octanol–water partition coefficient (Wildman–Crippen LogP) is 0.373. The minimum Gasteiger partial charge on any atom is -0.421 e. The minimum absolute atomic E-state index is 0.346. The summed E-state index contributed by atoms with van der Waals surface area (Å²) < 4.78 is 4.99. The first kappa shape index (κ1) is 8.17. The molecule has 0 spiro atoms. The lowest BCUT2D eigenvalue weighted by atomic mass is 10.7. The monoisotopic (exact) mass is 221 g/mol. The van der Waals surface area contributed by atoms with E-state index in [0.717, 1.165) is 0 Å². The summed E-state index contributed by atoms with van der Waals surface area (Å²) in [5, 5.41) is 22.7. The molecular formula is C6H3N7OS. The Morgan fingerprint density at radius 3 is 2.87 bits per heavy atom. The highest BCUT2D eigenvalue weighted by Gasteiger charge is 2.13. The molecule has 0 aliphatic heterocycles. The molecule has 0 aliphatic carbocycles. The van der Waals surface area contributed by atoms with Crippen LogP contribution in [-0.4, -0.2) is 35.6 Å². The van der Waals surface area contributed by atoms with Crippen molar-refractivity contribution < 1.29 is 4.42 Å². The molecular weight excluding hydrogens is 218 g/mol. The number of nitrogens with zero attached hydrogens (tertiary/aromatic N) is 6. The topological polar surface area (TPSA) is 106 Å².